The lowest BCUT2D eigenvalue weighted by Gasteiger charge is -2.12. The van der Waals surface area contributed by atoms with Gasteiger partial charge in [-0.25, -0.2) is 4.79 Å². The lowest BCUT2D eigenvalue weighted by atomic mass is 10.1. The average molecular weight is 248 g/mol. The molecule has 0 saturated heterocycles. The maximum absolute atomic E-state index is 11.4. The minimum Gasteiger partial charge on any atom is -0.492 e. The van der Waals surface area contributed by atoms with Crippen LogP contribution in [0.5, 0.6) is 5.75 Å². The fourth-order valence-corrected chi connectivity index (χ4v) is 1.54. The van der Waals surface area contributed by atoms with Crippen molar-refractivity contribution in [2.75, 3.05) is 6.61 Å². The molecule has 0 bridgehead atoms. The third-order valence-electron chi connectivity index (χ3n) is 2.42. The van der Waals surface area contributed by atoms with Crippen LogP contribution >= 0.6 is 0 Å². The second kappa shape index (κ2) is 6.59. The van der Waals surface area contributed by atoms with Gasteiger partial charge in [-0.1, -0.05) is 12.1 Å². The van der Waals surface area contributed by atoms with Crippen LogP contribution in [0.4, 0.5) is 0 Å². The molecule has 0 saturated carbocycles. The van der Waals surface area contributed by atoms with Gasteiger partial charge in [-0.05, 0) is 31.9 Å². The first-order valence-corrected chi connectivity index (χ1v) is 5.69. The van der Waals surface area contributed by atoms with Gasteiger partial charge in [-0.2, -0.15) is 0 Å². The highest BCUT2D eigenvalue weighted by atomic mass is 16.5. The Morgan fingerprint density at radius 1 is 1.39 bits per heavy atom. The van der Waals surface area contributed by atoms with Crippen molar-refractivity contribution < 1.29 is 19.4 Å². The van der Waals surface area contributed by atoms with E-state index >= 15 is 0 Å². The third kappa shape index (κ3) is 3.45. The van der Waals surface area contributed by atoms with Crippen molar-refractivity contribution in [1.82, 2.24) is 0 Å². The van der Waals surface area contributed by atoms with E-state index in [4.69, 9.17) is 9.84 Å². The summed E-state index contributed by atoms with van der Waals surface area (Å²) in [6.45, 7) is 5.34. The van der Waals surface area contributed by atoms with E-state index in [1.54, 1.807) is 12.1 Å². The van der Waals surface area contributed by atoms with Gasteiger partial charge in [-0.3, -0.25) is 4.79 Å². The van der Waals surface area contributed by atoms with Crippen LogP contribution in [0.3, 0.4) is 0 Å². The summed E-state index contributed by atoms with van der Waals surface area (Å²) in [6.07, 6.45) is 3.28. The summed E-state index contributed by atoms with van der Waals surface area (Å²) in [5, 5.41) is 9.07. The number of carboxylic acid groups (broad SMARTS) is 1. The van der Waals surface area contributed by atoms with Gasteiger partial charge < -0.3 is 9.84 Å². The molecule has 4 heteroatoms. The van der Waals surface area contributed by atoms with Crippen molar-refractivity contribution in [2.45, 2.75) is 19.8 Å². The van der Waals surface area contributed by atoms with Crippen molar-refractivity contribution in [3.63, 3.8) is 0 Å². The molecule has 0 amide bonds. The third-order valence-corrected chi connectivity index (χ3v) is 2.42. The molecule has 0 atom stereocenters. The Morgan fingerprint density at radius 3 is 2.61 bits per heavy atom. The van der Waals surface area contributed by atoms with E-state index in [1.807, 2.05) is 0 Å². The second-order valence-electron chi connectivity index (χ2n) is 3.82. The van der Waals surface area contributed by atoms with Crippen LogP contribution in [0.25, 0.3) is 0 Å². The first-order chi connectivity index (χ1) is 8.57. The van der Waals surface area contributed by atoms with Crippen LogP contribution in [0, 0.1) is 0 Å². The monoisotopic (exact) mass is 248 g/mol. The predicted molar refractivity (Wildman–Crippen MR) is 68.3 cm³/mol. The van der Waals surface area contributed by atoms with E-state index in [2.05, 4.69) is 6.58 Å². The number of hydrogen-bond donors (Lipinski definition) is 1. The smallest absolute Gasteiger partial charge is 0.339 e. The number of carbonyl (C=O) groups excluding carboxylic acids is 1. The standard InChI is InChI=1S/C14H16O4/c1-3-4-5-9-18-13-11(10(2)15)7-6-8-12(13)14(16)17/h3,6-8H,1,4-5,9H2,2H3,(H,16,17). The quantitative estimate of drug-likeness (QED) is 0.458. The van der Waals surface area contributed by atoms with Crippen molar-refractivity contribution >= 4 is 11.8 Å². The summed E-state index contributed by atoms with van der Waals surface area (Å²) < 4.78 is 5.44. The fourth-order valence-electron chi connectivity index (χ4n) is 1.54. The van der Waals surface area contributed by atoms with Crippen LogP contribution in [-0.4, -0.2) is 23.5 Å². The molecule has 0 aromatic heterocycles. The van der Waals surface area contributed by atoms with Gasteiger partial charge in [0.15, 0.2) is 5.78 Å². The van der Waals surface area contributed by atoms with Gasteiger partial charge in [-0.15, -0.1) is 6.58 Å². The zero-order valence-electron chi connectivity index (χ0n) is 10.3. The first-order valence-electron chi connectivity index (χ1n) is 5.69. The number of benzene rings is 1. The number of rotatable bonds is 7. The van der Waals surface area contributed by atoms with Gasteiger partial charge in [0.1, 0.15) is 11.3 Å². The number of unbranched alkanes of at least 4 members (excludes halogenated alkanes) is 1. The number of Topliss-reactive ketones (excluding diaryl/α,β-unsaturated/α-hetero) is 1. The molecule has 1 rings (SSSR count). The van der Waals surface area contributed by atoms with Crippen molar-refractivity contribution in [3.05, 3.63) is 42.0 Å². The molecule has 0 spiro atoms. The Labute approximate surface area is 106 Å². The molecule has 4 nitrogen and oxygen atoms in total. The lowest BCUT2D eigenvalue weighted by Crippen LogP contribution is -2.09. The molecule has 0 fully saturated rings. The molecule has 96 valence electrons. The normalized spacial score (nSPS) is 9.83. The van der Waals surface area contributed by atoms with Crippen LogP contribution in [0.15, 0.2) is 30.9 Å². The molecule has 18 heavy (non-hydrogen) atoms. The number of carbonyl (C=O) groups is 2. The van der Waals surface area contributed by atoms with E-state index in [9.17, 15) is 9.59 Å². The highest BCUT2D eigenvalue weighted by Crippen LogP contribution is 2.25. The molecule has 0 aliphatic carbocycles. The number of hydrogen-bond acceptors (Lipinski definition) is 3. The first kappa shape index (κ1) is 14.0. The highest BCUT2D eigenvalue weighted by molar-refractivity contribution is 6.01. The summed E-state index contributed by atoms with van der Waals surface area (Å²) >= 11 is 0. The minimum atomic E-state index is -1.10. The van der Waals surface area contributed by atoms with Gasteiger partial charge in [0.25, 0.3) is 0 Å². The molecule has 0 radical (unpaired) electrons. The predicted octanol–water partition coefficient (Wildman–Crippen LogP) is 2.93. The molecule has 0 aliphatic heterocycles. The number of carboxylic acids is 1. The van der Waals surface area contributed by atoms with Crippen LogP contribution in [-0.2, 0) is 0 Å². The number of allylic oxidation sites excluding steroid dienone is 1. The van der Waals surface area contributed by atoms with E-state index in [0.29, 0.717) is 12.2 Å². The topological polar surface area (TPSA) is 63.6 Å². The molecule has 0 aliphatic rings. The zero-order chi connectivity index (χ0) is 13.5. The van der Waals surface area contributed by atoms with Gasteiger partial charge >= 0.3 is 5.97 Å². The molecule has 0 heterocycles. The average Bonchev–Trinajstić information content (AvgIpc) is 2.34. The molecule has 1 aromatic rings. The largest absolute Gasteiger partial charge is 0.492 e. The zero-order valence-corrected chi connectivity index (χ0v) is 10.3. The Bertz CT molecular complexity index is 431. The number of ketones is 1. The van der Waals surface area contributed by atoms with Crippen LogP contribution in [0.1, 0.15) is 40.5 Å². The van der Waals surface area contributed by atoms with Crippen molar-refractivity contribution in [1.29, 1.82) is 0 Å². The maximum Gasteiger partial charge on any atom is 0.339 e. The van der Waals surface area contributed by atoms with E-state index in [1.165, 1.54) is 19.1 Å². The van der Waals surface area contributed by atoms with Crippen LogP contribution < -0.4 is 4.74 Å². The molecule has 1 aromatic carbocycles. The SMILES string of the molecule is C=CCCCOc1c(C(C)=O)cccc1C(=O)O. The molecule has 1 N–H and O–H groups in total. The minimum absolute atomic E-state index is 0.0151. The Balaban J connectivity index is 2.99. The Morgan fingerprint density at radius 2 is 2.06 bits per heavy atom. The lowest BCUT2D eigenvalue weighted by molar-refractivity contribution is 0.0692. The molecular formula is C14H16O4. The summed E-state index contributed by atoms with van der Waals surface area (Å²) in [4.78, 5) is 22.5. The number of para-hydroxylation sites is 1. The van der Waals surface area contributed by atoms with Crippen LogP contribution in [0.2, 0.25) is 0 Å². The number of ether oxygens (including phenoxy) is 1. The fraction of sp³-hybridized carbons (Fsp3) is 0.286. The summed E-state index contributed by atoms with van der Waals surface area (Å²) in [5.74, 6) is -1.16. The van der Waals surface area contributed by atoms with Gasteiger partial charge in [0, 0.05) is 0 Å². The molecule has 0 unspecified atom stereocenters. The van der Waals surface area contributed by atoms with Crippen molar-refractivity contribution in [2.24, 2.45) is 0 Å². The van der Waals surface area contributed by atoms with Gasteiger partial charge in [0.05, 0.1) is 12.2 Å². The van der Waals surface area contributed by atoms with E-state index in [-0.39, 0.29) is 17.1 Å². The maximum atomic E-state index is 11.4. The van der Waals surface area contributed by atoms with E-state index in [0.717, 1.165) is 12.8 Å². The summed E-state index contributed by atoms with van der Waals surface area (Å²) in [6, 6.07) is 4.53. The summed E-state index contributed by atoms with van der Waals surface area (Å²) in [7, 11) is 0. The Kier molecular flexibility index (Phi) is 5.11. The Hall–Kier alpha value is -2.10. The summed E-state index contributed by atoms with van der Waals surface area (Å²) in [5.41, 5.74) is 0.315. The van der Waals surface area contributed by atoms with E-state index < -0.39 is 5.97 Å². The number of aromatic carboxylic acids is 1. The highest BCUT2D eigenvalue weighted by Gasteiger charge is 2.17. The second-order valence-corrected chi connectivity index (χ2v) is 3.82. The van der Waals surface area contributed by atoms with Crippen molar-refractivity contribution in [3.8, 4) is 5.75 Å². The van der Waals surface area contributed by atoms with Gasteiger partial charge in [0.2, 0.25) is 0 Å². The molecular weight excluding hydrogens is 232 g/mol.